The molecule has 0 heterocycles. The van der Waals surface area contributed by atoms with Gasteiger partial charge in [0.25, 0.3) is 5.69 Å². The van der Waals surface area contributed by atoms with Gasteiger partial charge in [-0.25, -0.2) is 5.01 Å². The van der Waals surface area contributed by atoms with Crippen LogP contribution in [-0.4, -0.2) is 28.3 Å². The lowest BCUT2D eigenvalue weighted by Crippen LogP contribution is -2.33. The van der Waals surface area contributed by atoms with Crippen molar-refractivity contribution < 1.29 is 4.92 Å². The number of aryl methyl sites for hydroxylation is 1. The second-order valence-electron chi connectivity index (χ2n) is 5.22. The summed E-state index contributed by atoms with van der Waals surface area (Å²) in [6, 6.07) is 14.9. The number of nitro benzene ring substituents is 1. The molecule has 1 N–H and O–H groups in total. The Labute approximate surface area is 146 Å². The van der Waals surface area contributed by atoms with Crippen molar-refractivity contribution in [1.82, 2.24) is 10.3 Å². The van der Waals surface area contributed by atoms with Gasteiger partial charge in [-0.15, -0.1) is 0 Å². The second kappa shape index (κ2) is 8.16. The average Bonchev–Trinajstić information content (AvgIpc) is 2.59. The zero-order valence-corrected chi connectivity index (χ0v) is 14.3. The van der Waals surface area contributed by atoms with Gasteiger partial charge in [0.1, 0.15) is 0 Å². The van der Waals surface area contributed by atoms with Crippen molar-refractivity contribution in [3.63, 3.8) is 0 Å². The maximum atomic E-state index is 11.0. The third-order valence-corrected chi connectivity index (χ3v) is 3.80. The van der Waals surface area contributed by atoms with E-state index in [2.05, 4.69) is 10.4 Å². The van der Waals surface area contributed by atoms with Crippen LogP contribution in [0.15, 0.2) is 53.6 Å². The van der Waals surface area contributed by atoms with Crippen LogP contribution >= 0.6 is 12.2 Å². The fourth-order valence-electron chi connectivity index (χ4n) is 2.00. The molecule has 0 atom stereocenters. The molecular formula is C17H18N4O2S. The van der Waals surface area contributed by atoms with Crippen LogP contribution < -0.4 is 5.32 Å². The minimum atomic E-state index is -0.400. The maximum absolute atomic E-state index is 11.0. The number of hydrazone groups is 1. The molecule has 0 unspecified atom stereocenters. The summed E-state index contributed by atoms with van der Waals surface area (Å²) in [5.41, 5.74) is 2.45. The molecule has 6 nitrogen and oxygen atoms in total. The Morgan fingerprint density at radius 3 is 2.71 bits per heavy atom. The lowest BCUT2D eigenvalue weighted by molar-refractivity contribution is -0.385. The molecule has 2 rings (SSSR count). The van der Waals surface area contributed by atoms with Crippen LogP contribution in [0.1, 0.15) is 16.7 Å². The Morgan fingerprint density at radius 2 is 2.04 bits per heavy atom. The molecule has 0 aliphatic carbocycles. The summed E-state index contributed by atoms with van der Waals surface area (Å²) in [4.78, 5) is 10.6. The van der Waals surface area contributed by atoms with Crippen molar-refractivity contribution in [2.24, 2.45) is 5.10 Å². The van der Waals surface area contributed by atoms with E-state index in [-0.39, 0.29) is 5.69 Å². The molecule has 2 aromatic carbocycles. The molecule has 7 heteroatoms. The fourth-order valence-corrected chi connectivity index (χ4v) is 2.12. The molecule has 0 amide bonds. The summed E-state index contributed by atoms with van der Waals surface area (Å²) in [6.45, 7) is 2.31. The summed E-state index contributed by atoms with van der Waals surface area (Å²) >= 11 is 5.27. The van der Waals surface area contributed by atoms with Gasteiger partial charge in [-0.05, 0) is 24.7 Å². The van der Waals surface area contributed by atoms with Crippen molar-refractivity contribution in [3.8, 4) is 0 Å². The minimum absolute atomic E-state index is 0.0754. The summed E-state index contributed by atoms with van der Waals surface area (Å²) in [6.07, 6.45) is 1.54. The van der Waals surface area contributed by atoms with Gasteiger partial charge in [0.15, 0.2) is 5.11 Å². The molecule has 0 spiro atoms. The van der Waals surface area contributed by atoms with Crippen molar-refractivity contribution in [3.05, 3.63) is 75.3 Å². The van der Waals surface area contributed by atoms with Crippen LogP contribution in [0, 0.1) is 17.0 Å². The molecule has 0 aliphatic heterocycles. The van der Waals surface area contributed by atoms with Crippen molar-refractivity contribution in [2.75, 3.05) is 7.05 Å². The SMILES string of the molecule is Cc1ccc(/C=N\N(C)C(=S)NCc2ccccc2)cc1[N+](=O)[O-]. The number of hydrogen-bond donors (Lipinski definition) is 1. The highest BCUT2D eigenvalue weighted by molar-refractivity contribution is 7.80. The van der Waals surface area contributed by atoms with Crippen LogP contribution in [0.5, 0.6) is 0 Å². The third-order valence-electron chi connectivity index (χ3n) is 3.39. The number of hydrogen-bond acceptors (Lipinski definition) is 4. The third kappa shape index (κ3) is 4.85. The summed E-state index contributed by atoms with van der Waals surface area (Å²) in [5.74, 6) is 0. The van der Waals surface area contributed by atoms with Crippen LogP contribution in [-0.2, 0) is 6.54 Å². The quantitative estimate of drug-likeness (QED) is 0.391. The highest BCUT2D eigenvalue weighted by Gasteiger charge is 2.10. The van der Waals surface area contributed by atoms with Crippen LogP contribution in [0.4, 0.5) is 5.69 Å². The summed E-state index contributed by atoms with van der Waals surface area (Å²) in [7, 11) is 1.72. The van der Waals surface area contributed by atoms with Crippen LogP contribution in [0.3, 0.4) is 0 Å². The van der Waals surface area contributed by atoms with Gasteiger partial charge >= 0.3 is 0 Å². The zero-order chi connectivity index (χ0) is 17.5. The molecule has 0 aliphatic rings. The number of rotatable bonds is 5. The summed E-state index contributed by atoms with van der Waals surface area (Å²) in [5, 5.41) is 20.3. The smallest absolute Gasteiger partial charge is 0.272 e. The van der Waals surface area contributed by atoms with E-state index >= 15 is 0 Å². The van der Waals surface area contributed by atoms with Crippen LogP contribution in [0.25, 0.3) is 0 Å². The van der Waals surface area contributed by atoms with Gasteiger partial charge in [0.05, 0.1) is 11.1 Å². The lowest BCUT2D eigenvalue weighted by atomic mass is 10.1. The van der Waals surface area contributed by atoms with E-state index in [4.69, 9.17) is 12.2 Å². The number of thiocarbonyl (C=S) groups is 1. The molecule has 0 radical (unpaired) electrons. The number of benzene rings is 2. The minimum Gasteiger partial charge on any atom is -0.357 e. The molecule has 0 saturated heterocycles. The molecular weight excluding hydrogens is 324 g/mol. The predicted molar refractivity (Wildman–Crippen MR) is 99.1 cm³/mol. The molecule has 0 saturated carbocycles. The van der Waals surface area contributed by atoms with E-state index in [1.54, 1.807) is 32.3 Å². The second-order valence-corrected chi connectivity index (χ2v) is 5.60. The maximum Gasteiger partial charge on any atom is 0.272 e. The largest absolute Gasteiger partial charge is 0.357 e. The Bertz CT molecular complexity index is 762. The van der Waals surface area contributed by atoms with Gasteiger partial charge < -0.3 is 5.32 Å². The Hall–Kier alpha value is -2.80. The molecule has 0 bridgehead atoms. The molecule has 24 heavy (non-hydrogen) atoms. The number of nitrogens with one attached hydrogen (secondary N) is 1. The Kier molecular flexibility index (Phi) is 5.97. The van der Waals surface area contributed by atoms with Gasteiger partial charge in [-0.3, -0.25) is 10.1 Å². The van der Waals surface area contributed by atoms with E-state index in [9.17, 15) is 10.1 Å². The van der Waals surface area contributed by atoms with Crippen molar-refractivity contribution in [2.45, 2.75) is 13.5 Å². The molecule has 2 aromatic rings. The van der Waals surface area contributed by atoms with E-state index in [0.717, 1.165) is 5.56 Å². The van der Waals surface area contributed by atoms with Crippen molar-refractivity contribution in [1.29, 1.82) is 0 Å². The van der Waals surface area contributed by atoms with Gasteiger partial charge in [0, 0.05) is 30.8 Å². The van der Waals surface area contributed by atoms with Crippen molar-refractivity contribution >= 4 is 29.2 Å². The predicted octanol–water partition coefficient (Wildman–Crippen LogP) is 3.24. The van der Waals surface area contributed by atoms with E-state index in [0.29, 0.717) is 22.8 Å². The average molecular weight is 342 g/mol. The lowest BCUT2D eigenvalue weighted by Gasteiger charge is -2.15. The highest BCUT2D eigenvalue weighted by atomic mass is 32.1. The van der Waals surface area contributed by atoms with Crippen LogP contribution in [0.2, 0.25) is 0 Å². The number of nitro groups is 1. The topological polar surface area (TPSA) is 70.8 Å². The van der Waals surface area contributed by atoms with E-state index in [1.807, 2.05) is 30.3 Å². The van der Waals surface area contributed by atoms with Gasteiger partial charge in [0.2, 0.25) is 0 Å². The molecule has 0 fully saturated rings. The first-order chi connectivity index (χ1) is 11.5. The Morgan fingerprint density at radius 1 is 1.33 bits per heavy atom. The zero-order valence-electron chi connectivity index (χ0n) is 13.5. The number of nitrogens with zero attached hydrogens (tertiary/aromatic N) is 3. The standard InChI is InChI=1S/C17H18N4O2S/c1-13-8-9-15(10-16(13)21(22)23)12-19-20(2)17(24)18-11-14-6-4-3-5-7-14/h3-10,12H,11H2,1-2H3,(H,18,24)/b19-12-. The van der Waals surface area contributed by atoms with Gasteiger partial charge in [-0.1, -0.05) is 42.5 Å². The fraction of sp³-hybridized carbons (Fsp3) is 0.176. The first-order valence-electron chi connectivity index (χ1n) is 7.32. The monoisotopic (exact) mass is 342 g/mol. The first kappa shape index (κ1) is 17.6. The molecule has 124 valence electrons. The first-order valence-corrected chi connectivity index (χ1v) is 7.72. The summed E-state index contributed by atoms with van der Waals surface area (Å²) < 4.78 is 0. The van der Waals surface area contributed by atoms with E-state index in [1.165, 1.54) is 11.1 Å². The molecule has 0 aromatic heterocycles. The Balaban J connectivity index is 1.97. The normalized spacial score (nSPS) is 10.6. The van der Waals surface area contributed by atoms with E-state index < -0.39 is 4.92 Å². The highest BCUT2D eigenvalue weighted by Crippen LogP contribution is 2.18. The van der Waals surface area contributed by atoms with Gasteiger partial charge in [-0.2, -0.15) is 5.10 Å².